The van der Waals surface area contributed by atoms with Gasteiger partial charge in [-0.1, -0.05) is 13.3 Å². The van der Waals surface area contributed by atoms with Crippen LogP contribution in [0.4, 0.5) is 0 Å². The van der Waals surface area contributed by atoms with Crippen molar-refractivity contribution >= 4 is 5.97 Å². The Morgan fingerprint density at radius 1 is 1.29 bits per heavy atom. The topological polar surface area (TPSA) is 52.3 Å². The number of hydrogen-bond acceptors (Lipinski definition) is 3. The summed E-state index contributed by atoms with van der Waals surface area (Å²) in [6, 6.07) is 0. The molecule has 0 amide bonds. The standard InChI is InChI=1S/C14H23NO2/c1-3-12-4-11-5-13(15,7-12)9-14(6-11,8-12)17-10(2)16/h11H,3-9,15H2,1-2H3. The van der Waals surface area contributed by atoms with Gasteiger partial charge in [0.15, 0.2) is 0 Å². The zero-order chi connectivity index (χ0) is 12.3. The molecule has 4 bridgehead atoms. The van der Waals surface area contributed by atoms with Gasteiger partial charge < -0.3 is 10.5 Å². The lowest BCUT2D eigenvalue weighted by Gasteiger charge is -2.64. The summed E-state index contributed by atoms with van der Waals surface area (Å²) in [7, 11) is 0. The van der Waals surface area contributed by atoms with Crippen LogP contribution in [0, 0.1) is 11.3 Å². The van der Waals surface area contributed by atoms with E-state index in [9.17, 15) is 4.79 Å². The Balaban J connectivity index is 1.95. The Morgan fingerprint density at radius 2 is 2.06 bits per heavy atom. The maximum atomic E-state index is 11.4. The van der Waals surface area contributed by atoms with Crippen molar-refractivity contribution in [3.8, 4) is 0 Å². The minimum atomic E-state index is -0.226. The molecule has 4 atom stereocenters. The molecular formula is C14H23NO2. The third-order valence-electron chi connectivity index (χ3n) is 5.29. The second-order valence-corrected chi connectivity index (χ2v) is 7.00. The Kier molecular flexibility index (Phi) is 2.20. The van der Waals surface area contributed by atoms with Crippen molar-refractivity contribution in [2.75, 3.05) is 0 Å². The number of rotatable bonds is 2. The van der Waals surface area contributed by atoms with E-state index in [0.717, 1.165) is 32.1 Å². The van der Waals surface area contributed by atoms with E-state index in [-0.39, 0.29) is 17.1 Å². The highest BCUT2D eigenvalue weighted by atomic mass is 16.6. The van der Waals surface area contributed by atoms with E-state index in [0.29, 0.717) is 11.3 Å². The van der Waals surface area contributed by atoms with Gasteiger partial charge in [-0.15, -0.1) is 0 Å². The summed E-state index contributed by atoms with van der Waals surface area (Å²) >= 11 is 0. The third-order valence-corrected chi connectivity index (χ3v) is 5.29. The number of carbonyl (C=O) groups is 1. The molecule has 4 rings (SSSR count). The highest BCUT2D eigenvalue weighted by Crippen LogP contribution is 2.64. The first-order valence-corrected chi connectivity index (χ1v) is 6.87. The van der Waals surface area contributed by atoms with Gasteiger partial charge in [-0.25, -0.2) is 0 Å². The van der Waals surface area contributed by atoms with Crippen LogP contribution in [0.2, 0.25) is 0 Å². The highest BCUT2D eigenvalue weighted by molar-refractivity contribution is 5.66. The van der Waals surface area contributed by atoms with Crippen molar-refractivity contribution in [3.63, 3.8) is 0 Å². The lowest BCUT2D eigenvalue weighted by atomic mass is 9.45. The molecule has 3 heteroatoms. The van der Waals surface area contributed by atoms with Crippen LogP contribution in [0.1, 0.15) is 58.8 Å². The Morgan fingerprint density at radius 3 is 2.65 bits per heavy atom. The smallest absolute Gasteiger partial charge is 0.303 e. The Labute approximate surface area is 103 Å². The van der Waals surface area contributed by atoms with Crippen molar-refractivity contribution in [1.82, 2.24) is 0 Å². The van der Waals surface area contributed by atoms with Crippen LogP contribution in [0.5, 0.6) is 0 Å². The van der Waals surface area contributed by atoms with Crippen LogP contribution in [-0.4, -0.2) is 17.1 Å². The molecule has 3 nitrogen and oxygen atoms in total. The lowest BCUT2D eigenvalue weighted by molar-refractivity contribution is -0.204. The fraction of sp³-hybridized carbons (Fsp3) is 0.929. The fourth-order valence-electron chi connectivity index (χ4n) is 5.44. The van der Waals surface area contributed by atoms with Crippen molar-refractivity contribution in [1.29, 1.82) is 0 Å². The lowest BCUT2D eigenvalue weighted by Crippen LogP contribution is -2.67. The normalized spacial score (nSPS) is 51.6. The van der Waals surface area contributed by atoms with Crippen LogP contribution in [0.25, 0.3) is 0 Å². The largest absolute Gasteiger partial charge is 0.459 e. The van der Waals surface area contributed by atoms with Gasteiger partial charge >= 0.3 is 5.97 Å². The van der Waals surface area contributed by atoms with E-state index in [2.05, 4.69) is 6.92 Å². The first-order chi connectivity index (χ1) is 7.88. The van der Waals surface area contributed by atoms with E-state index >= 15 is 0 Å². The second-order valence-electron chi connectivity index (χ2n) is 7.00. The zero-order valence-electron chi connectivity index (χ0n) is 10.9. The monoisotopic (exact) mass is 237 g/mol. The van der Waals surface area contributed by atoms with Crippen LogP contribution in [0.3, 0.4) is 0 Å². The van der Waals surface area contributed by atoms with Crippen molar-refractivity contribution in [2.45, 2.75) is 69.9 Å². The van der Waals surface area contributed by atoms with Gasteiger partial charge in [-0.05, 0) is 43.4 Å². The first kappa shape index (κ1) is 11.5. The van der Waals surface area contributed by atoms with Gasteiger partial charge in [0.05, 0.1) is 0 Å². The molecule has 17 heavy (non-hydrogen) atoms. The predicted octanol–water partition coefficient (Wildman–Crippen LogP) is 2.38. The van der Waals surface area contributed by atoms with Gasteiger partial charge in [0, 0.05) is 18.9 Å². The molecular weight excluding hydrogens is 214 g/mol. The SMILES string of the molecule is CCC12CC3CC(N)(C1)CC(OC(C)=O)(C3)C2. The van der Waals surface area contributed by atoms with E-state index in [4.69, 9.17) is 10.5 Å². The third kappa shape index (κ3) is 1.70. The summed E-state index contributed by atoms with van der Waals surface area (Å²) in [5, 5.41) is 0. The number of hydrogen-bond donors (Lipinski definition) is 1. The minimum absolute atomic E-state index is 0.0646. The van der Waals surface area contributed by atoms with Crippen molar-refractivity contribution < 1.29 is 9.53 Å². The fourth-order valence-corrected chi connectivity index (χ4v) is 5.44. The molecule has 4 aliphatic rings. The molecule has 96 valence electrons. The quantitative estimate of drug-likeness (QED) is 0.750. The Bertz CT molecular complexity index is 369. The van der Waals surface area contributed by atoms with E-state index < -0.39 is 0 Å². The van der Waals surface area contributed by atoms with E-state index in [1.54, 1.807) is 0 Å². The van der Waals surface area contributed by atoms with E-state index in [1.807, 2.05) is 0 Å². The summed E-state index contributed by atoms with van der Waals surface area (Å²) in [6.07, 6.45) is 7.72. The summed E-state index contributed by atoms with van der Waals surface area (Å²) < 4.78 is 5.72. The molecule has 4 aliphatic carbocycles. The predicted molar refractivity (Wildman–Crippen MR) is 65.3 cm³/mol. The second kappa shape index (κ2) is 3.25. The maximum absolute atomic E-state index is 11.4. The number of esters is 1. The molecule has 0 aromatic carbocycles. The van der Waals surface area contributed by atoms with Crippen LogP contribution in [0.15, 0.2) is 0 Å². The van der Waals surface area contributed by atoms with E-state index in [1.165, 1.54) is 19.8 Å². The van der Waals surface area contributed by atoms with Crippen LogP contribution < -0.4 is 5.73 Å². The molecule has 0 aromatic heterocycles. The summed E-state index contributed by atoms with van der Waals surface area (Å²) in [4.78, 5) is 11.4. The summed E-state index contributed by atoms with van der Waals surface area (Å²) in [5.41, 5.74) is 6.61. The van der Waals surface area contributed by atoms with Crippen LogP contribution >= 0.6 is 0 Å². The molecule has 4 fully saturated rings. The van der Waals surface area contributed by atoms with Gasteiger partial charge in [0.25, 0.3) is 0 Å². The molecule has 0 saturated heterocycles. The Hall–Kier alpha value is -0.570. The molecule has 2 N–H and O–H groups in total. The van der Waals surface area contributed by atoms with Gasteiger partial charge in [0.1, 0.15) is 5.60 Å². The highest BCUT2D eigenvalue weighted by Gasteiger charge is 2.63. The minimum Gasteiger partial charge on any atom is -0.459 e. The maximum Gasteiger partial charge on any atom is 0.303 e. The first-order valence-electron chi connectivity index (χ1n) is 6.87. The van der Waals surface area contributed by atoms with Crippen molar-refractivity contribution in [3.05, 3.63) is 0 Å². The average molecular weight is 237 g/mol. The molecule has 0 aliphatic heterocycles. The van der Waals surface area contributed by atoms with Crippen LogP contribution in [-0.2, 0) is 9.53 Å². The molecule has 0 heterocycles. The zero-order valence-corrected chi connectivity index (χ0v) is 10.9. The average Bonchev–Trinajstić information content (AvgIpc) is 2.11. The summed E-state index contributed by atoms with van der Waals surface area (Å²) in [6.45, 7) is 3.79. The molecule has 0 radical (unpaired) electrons. The molecule has 4 unspecified atom stereocenters. The number of nitrogens with two attached hydrogens (primary N) is 1. The van der Waals surface area contributed by atoms with Gasteiger partial charge in [-0.3, -0.25) is 4.79 Å². The van der Waals surface area contributed by atoms with Gasteiger partial charge in [-0.2, -0.15) is 0 Å². The number of carbonyl (C=O) groups excluding carboxylic acids is 1. The summed E-state index contributed by atoms with van der Waals surface area (Å²) in [5.74, 6) is 0.539. The van der Waals surface area contributed by atoms with Crippen molar-refractivity contribution in [2.24, 2.45) is 17.1 Å². The molecule has 0 aromatic rings. The molecule has 4 saturated carbocycles. The van der Waals surface area contributed by atoms with Gasteiger partial charge in [0.2, 0.25) is 0 Å². The molecule has 0 spiro atoms. The number of ether oxygens (including phenoxy) is 1.